The number of halogens is 4. The average molecular weight is 585 g/mol. The molecule has 2 aromatic rings. The number of benzene rings is 1. The SMILES string of the molecule is C.C=C(C)/C(=C\C(=C/C)c1cccc(F)c1)C(F)(F)F.CC.CC.CC/C(C)=C(/C)C(C)=O.CCc1cccs1. The van der Waals surface area contributed by atoms with Crippen LogP contribution in [0.4, 0.5) is 17.6 Å². The smallest absolute Gasteiger partial charge is 0.295 e. The number of allylic oxidation sites excluding steroid dienone is 7. The van der Waals surface area contributed by atoms with Crippen LogP contribution in [0.15, 0.2) is 82.8 Å². The molecule has 0 amide bonds. The lowest BCUT2D eigenvalue weighted by molar-refractivity contribution is -0.113. The van der Waals surface area contributed by atoms with Crippen molar-refractivity contribution in [3.05, 3.63) is 99.1 Å². The Morgan fingerprint density at radius 2 is 1.52 bits per heavy atom. The molecule has 40 heavy (non-hydrogen) atoms. The number of carbonyl (C=O) groups is 1. The summed E-state index contributed by atoms with van der Waals surface area (Å²) in [5.41, 5.74) is 1.91. The molecule has 0 fully saturated rings. The van der Waals surface area contributed by atoms with Gasteiger partial charge in [-0.3, -0.25) is 4.79 Å². The topological polar surface area (TPSA) is 17.1 Å². The van der Waals surface area contributed by atoms with Crippen LogP contribution in [0.1, 0.15) is 100 Å². The number of carbonyl (C=O) groups excluding carboxylic acids is 1. The van der Waals surface area contributed by atoms with Crippen LogP contribution in [-0.2, 0) is 11.2 Å². The monoisotopic (exact) mass is 584 g/mol. The van der Waals surface area contributed by atoms with Crippen molar-refractivity contribution in [2.24, 2.45) is 0 Å². The fourth-order valence-electron chi connectivity index (χ4n) is 2.68. The van der Waals surface area contributed by atoms with E-state index in [0.29, 0.717) is 11.1 Å². The minimum atomic E-state index is -4.48. The first-order valence-electron chi connectivity index (χ1n) is 13.3. The van der Waals surface area contributed by atoms with E-state index in [9.17, 15) is 22.4 Å². The van der Waals surface area contributed by atoms with Crippen molar-refractivity contribution >= 4 is 22.7 Å². The summed E-state index contributed by atoms with van der Waals surface area (Å²) in [5.74, 6) is -0.302. The maximum atomic E-state index is 13.1. The van der Waals surface area contributed by atoms with E-state index in [1.807, 2.05) is 52.9 Å². The van der Waals surface area contributed by atoms with Crippen molar-refractivity contribution in [2.75, 3.05) is 0 Å². The molecule has 0 atom stereocenters. The minimum absolute atomic E-state index is 0. The van der Waals surface area contributed by atoms with Crippen molar-refractivity contribution in [1.82, 2.24) is 0 Å². The van der Waals surface area contributed by atoms with Gasteiger partial charge in [0.1, 0.15) is 5.82 Å². The summed E-state index contributed by atoms with van der Waals surface area (Å²) in [7, 11) is 0. The molecule has 1 nitrogen and oxygen atoms in total. The Balaban J connectivity index is -0.000000257. The fraction of sp³-hybridized carbons (Fsp3) is 0.441. The molecule has 0 unspecified atom stereocenters. The molecule has 1 heterocycles. The zero-order valence-corrected chi connectivity index (χ0v) is 26.5. The van der Waals surface area contributed by atoms with Gasteiger partial charge in [0, 0.05) is 4.88 Å². The van der Waals surface area contributed by atoms with Crippen LogP contribution in [0.25, 0.3) is 5.57 Å². The minimum Gasteiger partial charge on any atom is -0.295 e. The first-order chi connectivity index (χ1) is 18.3. The van der Waals surface area contributed by atoms with Gasteiger partial charge in [-0.1, -0.05) is 85.4 Å². The number of aryl methyl sites for hydroxylation is 1. The fourth-order valence-corrected chi connectivity index (χ4v) is 3.34. The largest absolute Gasteiger partial charge is 0.416 e. The van der Waals surface area contributed by atoms with Gasteiger partial charge in [0.25, 0.3) is 0 Å². The van der Waals surface area contributed by atoms with Crippen molar-refractivity contribution in [2.45, 2.75) is 103 Å². The lowest BCUT2D eigenvalue weighted by atomic mass is 9.99. The van der Waals surface area contributed by atoms with E-state index >= 15 is 0 Å². The third-order valence-electron chi connectivity index (χ3n) is 5.16. The quantitative estimate of drug-likeness (QED) is 0.187. The number of rotatable bonds is 6. The Morgan fingerprint density at radius 1 is 0.975 bits per heavy atom. The summed E-state index contributed by atoms with van der Waals surface area (Å²) in [6.07, 6.45) is 0.164. The van der Waals surface area contributed by atoms with Crippen molar-refractivity contribution in [1.29, 1.82) is 0 Å². The second-order valence-electron chi connectivity index (χ2n) is 7.84. The molecule has 0 aliphatic heterocycles. The highest BCUT2D eigenvalue weighted by molar-refractivity contribution is 7.09. The maximum absolute atomic E-state index is 13.1. The van der Waals surface area contributed by atoms with E-state index in [1.165, 1.54) is 48.1 Å². The van der Waals surface area contributed by atoms with Gasteiger partial charge in [0.2, 0.25) is 0 Å². The highest BCUT2D eigenvalue weighted by Crippen LogP contribution is 2.33. The molecule has 0 spiro atoms. The van der Waals surface area contributed by atoms with E-state index in [2.05, 4.69) is 37.9 Å². The Labute approximate surface area is 246 Å². The predicted octanol–water partition coefficient (Wildman–Crippen LogP) is 12.6. The lowest BCUT2D eigenvalue weighted by Gasteiger charge is -2.13. The van der Waals surface area contributed by atoms with Crippen LogP contribution >= 0.6 is 11.3 Å². The van der Waals surface area contributed by atoms with Crippen LogP contribution in [0.2, 0.25) is 0 Å². The van der Waals surface area contributed by atoms with E-state index in [4.69, 9.17) is 0 Å². The molecule has 228 valence electrons. The molecule has 6 heteroatoms. The average Bonchev–Trinajstić information content (AvgIpc) is 3.44. The van der Waals surface area contributed by atoms with Gasteiger partial charge < -0.3 is 0 Å². The van der Waals surface area contributed by atoms with Crippen LogP contribution in [0, 0.1) is 5.82 Å². The number of Topliss-reactive ketones (excluding diaryl/α,β-unsaturated/α-hetero) is 1. The van der Waals surface area contributed by atoms with E-state index < -0.39 is 17.6 Å². The highest BCUT2D eigenvalue weighted by atomic mass is 32.1. The third-order valence-corrected chi connectivity index (χ3v) is 6.18. The van der Waals surface area contributed by atoms with Gasteiger partial charge >= 0.3 is 6.18 Å². The highest BCUT2D eigenvalue weighted by Gasteiger charge is 2.34. The molecule has 1 aromatic carbocycles. The first-order valence-corrected chi connectivity index (χ1v) is 14.2. The van der Waals surface area contributed by atoms with E-state index in [1.54, 1.807) is 19.9 Å². The Morgan fingerprint density at radius 3 is 1.80 bits per heavy atom. The van der Waals surface area contributed by atoms with Gasteiger partial charge in [-0.25, -0.2) is 4.39 Å². The molecule has 0 N–H and O–H groups in total. The van der Waals surface area contributed by atoms with Gasteiger partial charge in [-0.2, -0.15) is 13.2 Å². The van der Waals surface area contributed by atoms with Crippen LogP contribution in [-0.4, -0.2) is 12.0 Å². The zero-order valence-electron chi connectivity index (χ0n) is 25.6. The van der Waals surface area contributed by atoms with Gasteiger partial charge in [0.15, 0.2) is 5.78 Å². The van der Waals surface area contributed by atoms with Crippen LogP contribution < -0.4 is 0 Å². The van der Waals surface area contributed by atoms with Gasteiger partial charge in [-0.15, -0.1) is 11.3 Å². The lowest BCUT2D eigenvalue weighted by Crippen LogP contribution is -2.12. The summed E-state index contributed by atoms with van der Waals surface area (Å²) in [5, 5.41) is 2.11. The molecule has 0 radical (unpaired) electrons. The number of hydrogen-bond acceptors (Lipinski definition) is 2. The molecule has 0 saturated heterocycles. The zero-order chi connectivity index (χ0) is 31.2. The Kier molecular flexibility index (Phi) is 28.0. The summed E-state index contributed by atoms with van der Waals surface area (Å²) in [6, 6.07) is 9.69. The van der Waals surface area contributed by atoms with E-state index in [0.717, 1.165) is 18.1 Å². The molecule has 0 aliphatic rings. The predicted molar refractivity (Wildman–Crippen MR) is 171 cm³/mol. The molecule has 1 aromatic heterocycles. The summed E-state index contributed by atoms with van der Waals surface area (Å²) < 4.78 is 51.6. The van der Waals surface area contributed by atoms with Crippen molar-refractivity contribution < 1.29 is 22.4 Å². The summed E-state index contributed by atoms with van der Waals surface area (Å²) in [6.45, 7) is 23.9. The molecular weight excluding hydrogens is 532 g/mol. The van der Waals surface area contributed by atoms with Crippen molar-refractivity contribution in [3.8, 4) is 0 Å². The number of ketones is 1. The number of thiophene rings is 1. The van der Waals surface area contributed by atoms with E-state index in [-0.39, 0.29) is 18.8 Å². The first kappa shape index (κ1) is 44.3. The third kappa shape index (κ3) is 19.3. The van der Waals surface area contributed by atoms with Crippen LogP contribution in [0.5, 0.6) is 0 Å². The Bertz CT molecular complexity index is 1040. The maximum Gasteiger partial charge on any atom is 0.416 e. The number of alkyl halides is 3. The molecular formula is C34H52F4OS. The normalized spacial score (nSPS) is 11.3. The summed E-state index contributed by atoms with van der Waals surface area (Å²) in [4.78, 5) is 12.2. The second-order valence-corrected chi connectivity index (χ2v) is 8.87. The molecule has 2 rings (SSSR count). The second kappa shape index (κ2) is 25.3. The molecule has 0 aliphatic carbocycles. The standard InChI is InChI=1S/C15H14F4.C8H14O.C6H8S.2C2H6.CH4/c1-4-11(12-6-5-7-13(16)8-12)9-14(10(2)3)15(17,18)19;1-5-6(2)7(3)8(4)9;1-2-6-4-3-5-7-6;2*1-2;/h4-9H,2H2,1,3H3;5H2,1-4H3;3-5H,2H2,1H3;2*1-2H3;1H4/b11-4+,14-9+;7-6-;;;;. The summed E-state index contributed by atoms with van der Waals surface area (Å²) >= 11 is 1.82. The van der Waals surface area contributed by atoms with Crippen molar-refractivity contribution in [3.63, 3.8) is 0 Å². The van der Waals surface area contributed by atoms with Crippen LogP contribution in [0.3, 0.4) is 0 Å². The molecule has 0 saturated carbocycles. The Hall–Kier alpha value is -2.73. The van der Waals surface area contributed by atoms with Gasteiger partial charge in [0.05, 0.1) is 5.57 Å². The number of hydrogen-bond donors (Lipinski definition) is 0. The molecule has 0 bridgehead atoms. The van der Waals surface area contributed by atoms with Gasteiger partial charge in [-0.05, 0) is 99.4 Å².